The fraction of sp³-hybridized carbons (Fsp3) is 0.923. The van der Waals surface area contributed by atoms with Crippen molar-refractivity contribution in [2.75, 3.05) is 13.2 Å². The van der Waals surface area contributed by atoms with E-state index in [1.54, 1.807) is 0 Å². The van der Waals surface area contributed by atoms with E-state index in [1.807, 2.05) is 0 Å². The fourth-order valence-corrected chi connectivity index (χ4v) is 9.82. The van der Waals surface area contributed by atoms with Crippen LogP contribution in [0.3, 0.4) is 0 Å². The first kappa shape index (κ1) is 18.6. The van der Waals surface area contributed by atoms with Crippen molar-refractivity contribution >= 4 is 25.7 Å². The van der Waals surface area contributed by atoms with Crippen molar-refractivity contribution in [2.24, 2.45) is 0 Å². The van der Waals surface area contributed by atoms with Crippen LogP contribution in [0.1, 0.15) is 41.5 Å². The van der Waals surface area contributed by atoms with Crippen LogP contribution in [0.5, 0.6) is 0 Å². The standard InChI is InChI=1S/C13H27NO5SSi/c1-9(2)21(10(3)4,11(5)6)19-8-12-7-18-20(17)14(12)13(15)16/h9-12H,7-8H2,1-6H3,(H,15,16)/t12-,20?/m1/s1. The molecular weight excluding hydrogens is 310 g/mol. The molecule has 0 spiro atoms. The second-order valence-electron chi connectivity index (χ2n) is 6.39. The minimum atomic E-state index is -2.06. The molecule has 0 aliphatic carbocycles. The Morgan fingerprint density at radius 1 is 1.29 bits per heavy atom. The molecular formula is C13H27NO5SSi. The lowest BCUT2D eigenvalue weighted by Gasteiger charge is -2.42. The molecule has 1 aliphatic heterocycles. The van der Waals surface area contributed by atoms with Crippen LogP contribution in [0.4, 0.5) is 4.79 Å². The van der Waals surface area contributed by atoms with E-state index in [9.17, 15) is 9.00 Å². The first-order chi connectivity index (χ1) is 9.64. The molecule has 1 amide bonds. The maximum absolute atomic E-state index is 11.5. The summed E-state index contributed by atoms with van der Waals surface area (Å²) >= 11 is -1.91. The van der Waals surface area contributed by atoms with Gasteiger partial charge in [-0.3, -0.25) is 4.18 Å². The molecule has 1 aliphatic rings. The summed E-state index contributed by atoms with van der Waals surface area (Å²) in [5.41, 5.74) is 1.26. The Morgan fingerprint density at radius 2 is 1.76 bits per heavy atom. The fourth-order valence-electron chi connectivity index (χ4n) is 3.46. The third-order valence-corrected chi connectivity index (χ3v) is 11.5. The highest BCUT2D eigenvalue weighted by atomic mass is 32.2. The van der Waals surface area contributed by atoms with Crippen molar-refractivity contribution < 1.29 is 22.7 Å². The molecule has 1 unspecified atom stereocenters. The van der Waals surface area contributed by atoms with E-state index in [0.717, 1.165) is 4.31 Å². The highest BCUT2D eigenvalue weighted by Crippen LogP contribution is 2.42. The van der Waals surface area contributed by atoms with Gasteiger partial charge in [0, 0.05) is 0 Å². The van der Waals surface area contributed by atoms with Gasteiger partial charge in [0.05, 0.1) is 19.3 Å². The summed E-state index contributed by atoms with van der Waals surface area (Å²) in [4.78, 5) is 11.2. The van der Waals surface area contributed by atoms with Crippen LogP contribution in [-0.4, -0.2) is 47.3 Å². The molecule has 1 rings (SSSR count). The average Bonchev–Trinajstić information content (AvgIpc) is 2.69. The van der Waals surface area contributed by atoms with Gasteiger partial charge in [0.2, 0.25) is 0 Å². The van der Waals surface area contributed by atoms with Crippen molar-refractivity contribution in [3.8, 4) is 0 Å². The van der Waals surface area contributed by atoms with E-state index in [1.165, 1.54) is 0 Å². The van der Waals surface area contributed by atoms with E-state index in [2.05, 4.69) is 41.5 Å². The number of carboxylic acid groups (broad SMARTS) is 1. The predicted octanol–water partition coefficient (Wildman–Crippen LogP) is 3.14. The van der Waals surface area contributed by atoms with Gasteiger partial charge in [-0.25, -0.2) is 9.00 Å². The van der Waals surface area contributed by atoms with Crippen LogP contribution in [0, 0.1) is 0 Å². The third-order valence-electron chi connectivity index (χ3n) is 4.27. The summed E-state index contributed by atoms with van der Waals surface area (Å²) in [7, 11) is -2.06. The van der Waals surface area contributed by atoms with Gasteiger partial charge in [-0.15, -0.1) is 0 Å². The topological polar surface area (TPSA) is 76.1 Å². The van der Waals surface area contributed by atoms with Gasteiger partial charge in [0.15, 0.2) is 8.32 Å². The zero-order valence-electron chi connectivity index (χ0n) is 13.7. The van der Waals surface area contributed by atoms with E-state index in [0.29, 0.717) is 16.6 Å². The molecule has 1 saturated heterocycles. The summed E-state index contributed by atoms with van der Waals surface area (Å²) in [6.07, 6.45) is -1.23. The lowest BCUT2D eigenvalue weighted by Crippen LogP contribution is -2.51. The van der Waals surface area contributed by atoms with Crippen LogP contribution in [0.15, 0.2) is 0 Å². The Balaban J connectivity index is 2.87. The predicted molar refractivity (Wildman–Crippen MR) is 84.7 cm³/mol. The number of carbonyl (C=O) groups is 1. The van der Waals surface area contributed by atoms with Crippen LogP contribution in [0.25, 0.3) is 0 Å². The van der Waals surface area contributed by atoms with Gasteiger partial charge in [-0.05, 0) is 16.6 Å². The molecule has 0 aromatic carbocycles. The molecule has 1 heterocycles. The molecule has 1 fully saturated rings. The molecule has 0 saturated carbocycles. The first-order valence-corrected chi connectivity index (χ1v) is 10.5. The number of rotatable bonds is 6. The van der Waals surface area contributed by atoms with Crippen LogP contribution in [0.2, 0.25) is 16.6 Å². The maximum atomic E-state index is 11.5. The molecule has 6 nitrogen and oxygen atoms in total. The van der Waals surface area contributed by atoms with E-state index in [-0.39, 0.29) is 13.2 Å². The Hall–Kier alpha value is -0.443. The Kier molecular flexibility index (Phi) is 6.39. The quantitative estimate of drug-likeness (QED) is 0.754. The molecule has 0 bridgehead atoms. The Morgan fingerprint density at radius 3 is 2.14 bits per heavy atom. The molecule has 0 radical (unpaired) electrons. The van der Waals surface area contributed by atoms with Gasteiger partial charge < -0.3 is 9.53 Å². The molecule has 1 N–H and O–H groups in total. The Labute approximate surface area is 130 Å². The summed E-state index contributed by atoms with van der Waals surface area (Å²) in [6.45, 7) is 13.4. The summed E-state index contributed by atoms with van der Waals surface area (Å²) in [5, 5.41) is 9.12. The summed E-state index contributed by atoms with van der Waals surface area (Å²) < 4.78 is 23.7. The largest absolute Gasteiger partial charge is 0.464 e. The number of amides is 1. The number of hydrogen-bond donors (Lipinski definition) is 1. The first-order valence-electron chi connectivity index (χ1n) is 7.35. The second kappa shape index (κ2) is 7.21. The van der Waals surface area contributed by atoms with Gasteiger partial charge in [-0.2, -0.15) is 4.31 Å². The zero-order chi connectivity index (χ0) is 16.4. The summed E-state index contributed by atoms with van der Waals surface area (Å²) in [5.74, 6) is 0. The molecule has 8 heteroatoms. The van der Waals surface area contributed by atoms with E-state index in [4.69, 9.17) is 13.7 Å². The molecule has 0 aromatic rings. The van der Waals surface area contributed by atoms with Gasteiger partial charge in [-0.1, -0.05) is 41.5 Å². The second-order valence-corrected chi connectivity index (χ2v) is 12.9. The lowest BCUT2D eigenvalue weighted by atomic mass is 10.3. The van der Waals surface area contributed by atoms with Crippen molar-refractivity contribution in [3.05, 3.63) is 0 Å². The molecule has 0 aromatic heterocycles. The monoisotopic (exact) mass is 337 g/mol. The highest BCUT2D eigenvalue weighted by molar-refractivity contribution is 7.78. The van der Waals surface area contributed by atoms with Crippen LogP contribution >= 0.6 is 0 Å². The zero-order valence-corrected chi connectivity index (χ0v) is 15.5. The highest BCUT2D eigenvalue weighted by Gasteiger charge is 2.47. The Bertz CT molecular complexity index is 380. The minimum Gasteiger partial charge on any atom is -0.464 e. The smallest absolute Gasteiger partial charge is 0.421 e. The average molecular weight is 338 g/mol. The van der Waals surface area contributed by atoms with Crippen molar-refractivity contribution in [3.63, 3.8) is 0 Å². The van der Waals surface area contributed by atoms with Crippen LogP contribution in [-0.2, 0) is 19.9 Å². The lowest BCUT2D eigenvalue weighted by molar-refractivity contribution is 0.143. The van der Waals surface area contributed by atoms with Crippen LogP contribution < -0.4 is 0 Å². The van der Waals surface area contributed by atoms with Gasteiger partial charge in [0.1, 0.15) is 0 Å². The molecule has 124 valence electrons. The summed E-state index contributed by atoms with van der Waals surface area (Å²) in [6, 6.07) is -0.494. The SMILES string of the molecule is CC(C)[Si](OC[C@H]1COS(=O)N1C(=O)O)(C(C)C)C(C)C. The number of nitrogens with zero attached hydrogens (tertiary/aromatic N) is 1. The van der Waals surface area contributed by atoms with E-state index < -0.39 is 31.7 Å². The normalized spacial score (nSPS) is 23.6. The number of hydrogen-bond acceptors (Lipinski definition) is 4. The third kappa shape index (κ3) is 3.66. The van der Waals surface area contributed by atoms with Gasteiger partial charge in [0.25, 0.3) is 11.3 Å². The minimum absolute atomic E-state index is 0.123. The molecule has 2 atom stereocenters. The van der Waals surface area contributed by atoms with Crippen molar-refractivity contribution in [2.45, 2.75) is 64.2 Å². The van der Waals surface area contributed by atoms with Crippen molar-refractivity contribution in [1.29, 1.82) is 0 Å². The van der Waals surface area contributed by atoms with E-state index >= 15 is 0 Å². The molecule has 21 heavy (non-hydrogen) atoms. The van der Waals surface area contributed by atoms with Crippen molar-refractivity contribution in [1.82, 2.24) is 4.31 Å². The van der Waals surface area contributed by atoms with Gasteiger partial charge >= 0.3 is 6.09 Å². The maximum Gasteiger partial charge on any atom is 0.421 e.